The normalized spacial score (nSPS) is 21.7. The minimum absolute atomic E-state index is 0. The highest BCUT2D eigenvalue weighted by Gasteiger charge is 2.38. The SMILES string of the molecule is CN(CC1CC1)CC1CCN(C(=O)C(C)(N)c2ccc(Br)cc2)C1.Cl.Cl. The maximum atomic E-state index is 12.9. The summed E-state index contributed by atoms with van der Waals surface area (Å²) in [6.45, 7) is 5.77. The fraction of sp³-hybridized carbons (Fsp3) is 0.632. The molecule has 0 spiro atoms. The summed E-state index contributed by atoms with van der Waals surface area (Å²) in [6, 6.07) is 7.73. The highest BCUT2D eigenvalue weighted by atomic mass is 79.9. The predicted molar refractivity (Wildman–Crippen MR) is 115 cm³/mol. The lowest BCUT2D eigenvalue weighted by Crippen LogP contribution is -2.50. The predicted octanol–water partition coefficient (Wildman–Crippen LogP) is 3.66. The molecule has 1 aromatic carbocycles. The summed E-state index contributed by atoms with van der Waals surface area (Å²) in [5, 5.41) is 0. The van der Waals surface area contributed by atoms with Gasteiger partial charge in [-0.3, -0.25) is 4.79 Å². The van der Waals surface area contributed by atoms with E-state index in [1.165, 1.54) is 19.4 Å². The number of halogens is 3. The highest BCUT2D eigenvalue weighted by Crippen LogP contribution is 2.30. The lowest BCUT2D eigenvalue weighted by atomic mass is 9.92. The van der Waals surface area contributed by atoms with E-state index in [0.29, 0.717) is 5.92 Å². The standard InChI is InChI=1S/C19H28BrN3O.2ClH/c1-19(21,16-5-7-17(20)8-6-16)18(24)23-10-9-15(13-23)12-22(2)11-14-3-4-14;;/h5-8,14-15H,3-4,9-13,21H2,1-2H3;2*1H. The van der Waals surface area contributed by atoms with E-state index < -0.39 is 5.54 Å². The molecule has 1 amide bonds. The summed E-state index contributed by atoms with van der Waals surface area (Å²) in [5.41, 5.74) is 6.32. The van der Waals surface area contributed by atoms with Crippen LogP contribution in [0.15, 0.2) is 28.7 Å². The molecule has 2 N–H and O–H groups in total. The zero-order valence-electron chi connectivity index (χ0n) is 15.5. The largest absolute Gasteiger partial charge is 0.340 e. The van der Waals surface area contributed by atoms with E-state index in [-0.39, 0.29) is 30.7 Å². The van der Waals surface area contributed by atoms with Crippen molar-refractivity contribution in [2.24, 2.45) is 17.6 Å². The lowest BCUT2D eigenvalue weighted by molar-refractivity contribution is -0.135. The minimum atomic E-state index is -0.963. The number of carbonyl (C=O) groups is 1. The van der Waals surface area contributed by atoms with E-state index in [1.807, 2.05) is 36.1 Å². The van der Waals surface area contributed by atoms with Crippen molar-refractivity contribution >= 4 is 46.7 Å². The molecular weight excluding hydrogens is 437 g/mol. The Labute approximate surface area is 177 Å². The van der Waals surface area contributed by atoms with Gasteiger partial charge in [0.25, 0.3) is 0 Å². The number of hydrogen-bond acceptors (Lipinski definition) is 3. The Balaban J connectivity index is 0.00000169. The molecule has 0 bridgehead atoms. The van der Waals surface area contributed by atoms with Crippen molar-refractivity contribution in [1.82, 2.24) is 9.80 Å². The van der Waals surface area contributed by atoms with Gasteiger partial charge in [-0.2, -0.15) is 0 Å². The average molecular weight is 467 g/mol. The Kier molecular flexibility index (Phi) is 8.88. The van der Waals surface area contributed by atoms with Crippen LogP contribution in [0.25, 0.3) is 0 Å². The first kappa shape index (κ1) is 23.7. The number of benzene rings is 1. The van der Waals surface area contributed by atoms with Crippen molar-refractivity contribution in [1.29, 1.82) is 0 Å². The Hall–Kier alpha value is -0.330. The van der Waals surface area contributed by atoms with Gasteiger partial charge in [0.1, 0.15) is 5.54 Å². The molecule has 1 aliphatic carbocycles. The smallest absolute Gasteiger partial charge is 0.246 e. The second-order valence-electron chi connectivity index (χ2n) is 7.78. The summed E-state index contributed by atoms with van der Waals surface area (Å²) in [6.07, 6.45) is 3.85. The Morgan fingerprint density at radius 2 is 1.77 bits per heavy atom. The zero-order chi connectivity index (χ0) is 17.3. The van der Waals surface area contributed by atoms with Crippen molar-refractivity contribution < 1.29 is 4.79 Å². The molecule has 2 atom stereocenters. The van der Waals surface area contributed by atoms with Crippen LogP contribution in [-0.2, 0) is 10.3 Å². The number of nitrogens with two attached hydrogens (primary N) is 1. The molecule has 2 aliphatic rings. The van der Waals surface area contributed by atoms with Gasteiger partial charge in [-0.1, -0.05) is 28.1 Å². The van der Waals surface area contributed by atoms with Gasteiger partial charge < -0.3 is 15.5 Å². The number of amides is 1. The molecule has 7 heteroatoms. The number of likely N-dealkylation sites (tertiary alicyclic amines) is 1. The molecule has 1 aliphatic heterocycles. The van der Waals surface area contributed by atoms with E-state index in [4.69, 9.17) is 5.73 Å². The van der Waals surface area contributed by atoms with Gasteiger partial charge >= 0.3 is 0 Å². The molecular formula is C19H30BrCl2N3O. The second kappa shape index (κ2) is 9.74. The molecule has 1 saturated carbocycles. The monoisotopic (exact) mass is 465 g/mol. The topological polar surface area (TPSA) is 49.6 Å². The van der Waals surface area contributed by atoms with Crippen molar-refractivity contribution in [3.8, 4) is 0 Å². The fourth-order valence-corrected chi connectivity index (χ4v) is 3.94. The van der Waals surface area contributed by atoms with Gasteiger partial charge in [0.2, 0.25) is 5.91 Å². The molecule has 0 aromatic heterocycles. The van der Waals surface area contributed by atoms with Crippen LogP contribution >= 0.6 is 40.7 Å². The molecule has 2 fully saturated rings. The average Bonchev–Trinajstić information content (AvgIpc) is 3.22. The molecule has 1 aromatic rings. The molecule has 148 valence electrons. The van der Waals surface area contributed by atoms with E-state index >= 15 is 0 Å². The third kappa shape index (κ3) is 5.83. The van der Waals surface area contributed by atoms with Crippen LogP contribution < -0.4 is 5.73 Å². The van der Waals surface area contributed by atoms with Gasteiger partial charge in [-0.25, -0.2) is 0 Å². The Morgan fingerprint density at radius 1 is 1.19 bits per heavy atom. The minimum Gasteiger partial charge on any atom is -0.340 e. The van der Waals surface area contributed by atoms with Gasteiger partial charge in [0.15, 0.2) is 0 Å². The van der Waals surface area contributed by atoms with E-state index in [2.05, 4.69) is 27.9 Å². The Bertz CT molecular complexity index is 593. The number of rotatable bonds is 6. The first-order valence-corrected chi connectivity index (χ1v) is 9.68. The summed E-state index contributed by atoms with van der Waals surface area (Å²) >= 11 is 3.43. The van der Waals surface area contributed by atoms with Gasteiger partial charge in [-0.15, -0.1) is 24.8 Å². The summed E-state index contributed by atoms with van der Waals surface area (Å²) in [7, 11) is 2.21. The van der Waals surface area contributed by atoms with E-state index in [0.717, 1.165) is 42.0 Å². The van der Waals surface area contributed by atoms with Gasteiger partial charge in [-0.05, 0) is 62.8 Å². The van der Waals surface area contributed by atoms with Crippen LogP contribution in [0, 0.1) is 11.8 Å². The van der Waals surface area contributed by atoms with Crippen LogP contribution in [0.4, 0.5) is 0 Å². The third-order valence-corrected chi connectivity index (χ3v) is 5.83. The quantitative estimate of drug-likeness (QED) is 0.695. The van der Waals surface area contributed by atoms with Crippen molar-refractivity contribution in [3.05, 3.63) is 34.3 Å². The first-order chi connectivity index (χ1) is 11.4. The van der Waals surface area contributed by atoms with Crippen molar-refractivity contribution in [3.63, 3.8) is 0 Å². The summed E-state index contributed by atoms with van der Waals surface area (Å²) in [5.74, 6) is 1.52. The summed E-state index contributed by atoms with van der Waals surface area (Å²) in [4.78, 5) is 17.3. The summed E-state index contributed by atoms with van der Waals surface area (Å²) < 4.78 is 0.995. The van der Waals surface area contributed by atoms with Gasteiger partial charge in [0.05, 0.1) is 0 Å². The third-order valence-electron chi connectivity index (χ3n) is 5.30. The van der Waals surface area contributed by atoms with Crippen LogP contribution in [0.2, 0.25) is 0 Å². The highest BCUT2D eigenvalue weighted by molar-refractivity contribution is 9.10. The maximum absolute atomic E-state index is 12.9. The molecule has 4 nitrogen and oxygen atoms in total. The molecule has 1 saturated heterocycles. The molecule has 3 rings (SSSR count). The van der Waals surface area contributed by atoms with Crippen LogP contribution in [0.3, 0.4) is 0 Å². The molecule has 26 heavy (non-hydrogen) atoms. The fourth-order valence-electron chi connectivity index (χ4n) is 3.67. The van der Waals surface area contributed by atoms with Crippen molar-refractivity contribution in [2.75, 3.05) is 33.2 Å². The van der Waals surface area contributed by atoms with Crippen LogP contribution in [0.1, 0.15) is 31.7 Å². The van der Waals surface area contributed by atoms with E-state index in [1.54, 1.807) is 0 Å². The lowest BCUT2D eigenvalue weighted by Gasteiger charge is -2.30. The van der Waals surface area contributed by atoms with Gasteiger partial charge in [0, 0.05) is 30.7 Å². The molecule has 2 unspecified atom stereocenters. The maximum Gasteiger partial charge on any atom is 0.246 e. The van der Waals surface area contributed by atoms with E-state index in [9.17, 15) is 4.79 Å². The first-order valence-electron chi connectivity index (χ1n) is 8.89. The second-order valence-corrected chi connectivity index (χ2v) is 8.70. The number of carbonyl (C=O) groups excluding carboxylic acids is 1. The molecule has 1 heterocycles. The zero-order valence-corrected chi connectivity index (χ0v) is 18.7. The van der Waals surface area contributed by atoms with Crippen LogP contribution in [-0.4, -0.2) is 48.9 Å². The van der Waals surface area contributed by atoms with Crippen molar-refractivity contribution in [2.45, 2.75) is 31.7 Å². The molecule has 0 radical (unpaired) electrons. The Morgan fingerprint density at radius 3 is 2.35 bits per heavy atom. The number of nitrogens with zero attached hydrogens (tertiary/aromatic N) is 2. The van der Waals surface area contributed by atoms with Crippen LogP contribution in [0.5, 0.6) is 0 Å². The number of hydrogen-bond donors (Lipinski definition) is 1.